The van der Waals surface area contributed by atoms with Crippen molar-refractivity contribution in [1.29, 1.82) is 0 Å². The van der Waals surface area contributed by atoms with Crippen molar-refractivity contribution >= 4 is 11.5 Å². The third-order valence-corrected chi connectivity index (χ3v) is 3.61. The van der Waals surface area contributed by atoms with Crippen LogP contribution in [0.25, 0.3) is 0 Å². The number of pyridine rings is 1. The van der Waals surface area contributed by atoms with Gasteiger partial charge in [-0.1, -0.05) is 6.92 Å². The van der Waals surface area contributed by atoms with Gasteiger partial charge in [-0.05, 0) is 38.5 Å². The van der Waals surface area contributed by atoms with Crippen LogP contribution in [-0.2, 0) is 0 Å². The number of rotatable bonds is 5. The summed E-state index contributed by atoms with van der Waals surface area (Å²) in [5, 5.41) is 13.9. The van der Waals surface area contributed by atoms with Gasteiger partial charge in [-0.15, -0.1) is 0 Å². The molecule has 1 heterocycles. The zero-order valence-electron chi connectivity index (χ0n) is 12.0. The van der Waals surface area contributed by atoms with Gasteiger partial charge in [0.25, 0.3) is 5.69 Å². The summed E-state index contributed by atoms with van der Waals surface area (Å²) >= 11 is 0. The van der Waals surface area contributed by atoms with Gasteiger partial charge in [0, 0.05) is 6.54 Å². The first kappa shape index (κ1) is 14.6. The van der Waals surface area contributed by atoms with Crippen LogP contribution in [0.3, 0.4) is 0 Å². The Morgan fingerprint density at radius 1 is 1.40 bits per heavy atom. The maximum absolute atomic E-state index is 10.9. The fourth-order valence-corrected chi connectivity index (χ4v) is 2.45. The molecule has 0 aliphatic heterocycles. The van der Waals surface area contributed by atoms with Crippen LogP contribution in [0, 0.1) is 16.0 Å². The van der Waals surface area contributed by atoms with E-state index in [0.717, 1.165) is 31.6 Å². The van der Waals surface area contributed by atoms with Crippen molar-refractivity contribution in [3.05, 3.63) is 22.2 Å². The highest BCUT2D eigenvalue weighted by Crippen LogP contribution is 2.28. The lowest BCUT2D eigenvalue weighted by molar-refractivity contribution is -0.384. The van der Waals surface area contributed by atoms with E-state index < -0.39 is 4.92 Å². The molecule has 20 heavy (non-hydrogen) atoms. The molecule has 0 saturated heterocycles. The maximum Gasteiger partial charge on any atom is 0.278 e. The van der Waals surface area contributed by atoms with E-state index in [2.05, 4.69) is 17.2 Å². The molecule has 1 aromatic heterocycles. The van der Waals surface area contributed by atoms with Crippen LogP contribution in [-0.4, -0.2) is 22.6 Å². The number of nitrogens with one attached hydrogen (secondary N) is 1. The van der Waals surface area contributed by atoms with E-state index in [4.69, 9.17) is 4.74 Å². The van der Waals surface area contributed by atoms with Crippen molar-refractivity contribution in [2.24, 2.45) is 5.92 Å². The molecule has 0 unspecified atom stereocenters. The van der Waals surface area contributed by atoms with Gasteiger partial charge in [-0.2, -0.15) is 4.98 Å². The van der Waals surface area contributed by atoms with Crippen LogP contribution in [0.1, 0.15) is 39.5 Å². The molecule has 1 saturated carbocycles. The molecule has 0 amide bonds. The average molecular weight is 279 g/mol. The first-order valence-electron chi connectivity index (χ1n) is 7.15. The van der Waals surface area contributed by atoms with E-state index >= 15 is 0 Å². The number of nitrogens with zero attached hydrogens (tertiary/aromatic N) is 2. The summed E-state index contributed by atoms with van der Waals surface area (Å²) in [6.45, 7) is 4.82. The number of anilines is 1. The minimum atomic E-state index is -0.418. The molecular formula is C14H21N3O3. The average Bonchev–Trinajstić information content (AvgIpc) is 2.41. The normalized spacial score (nSPS) is 22.3. The minimum Gasteiger partial charge on any atom is -0.474 e. The van der Waals surface area contributed by atoms with Gasteiger partial charge in [0.1, 0.15) is 11.9 Å². The standard InChI is InChI=1S/C14H21N3O3/c1-3-15-13-8-11(17(18)19)9-14(16-13)20-12-6-4-10(2)5-7-12/h8-10,12H,3-7H2,1-2H3,(H,15,16). The Morgan fingerprint density at radius 2 is 2.10 bits per heavy atom. The van der Waals surface area contributed by atoms with Gasteiger partial charge in [-0.25, -0.2) is 0 Å². The monoisotopic (exact) mass is 279 g/mol. The smallest absolute Gasteiger partial charge is 0.278 e. The summed E-state index contributed by atoms with van der Waals surface area (Å²) in [5.74, 6) is 1.57. The Bertz CT molecular complexity index is 471. The molecular weight excluding hydrogens is 258 g/mol. The lowest BCUT2D eigenvalue weighted by Gasteiger charge is -2.26. The highest BCUT2D eigenvalue weighted by molar-refractivity contribution is 5.48. The Hall–Kier alpha value is -1.85. The van der Waals surface area contributed by atoms with Gasteiger partial charge in [0.05, 0.1) is 17.1 Å². The van der Waals surface area contributed by atoms with E-state index in [9.17, 15) is 10.1 Å². The van der Waals surface area contributed by atoms with E-state index in [1.807, 2.05) is 6.92 Å². The molecule has 0 atom stereocenters. The highest BCUT2D eigenvalue weighted by Gasteiger charge is 2.21. The number of hydrogen-bond donors (Lipinski definition) is 1. The summed E-state index contributed by atoms with van der Waals surface area (Å²) in [7, 11) is 0. The van der Waals surface area contributed by atoms with Gasteiger partial charge in [0.2, 0.25) is 5.88 Å². The summed E-state index contributed by atoms with van der Waals surface area (Å²) in [5.41, 5.74) is 0.00938. The second-order valence-corrected chi connectivity index (χ2v) is 5.34. The fourth-order valence-electron chi connectivity index (χ4n) is 2.45. The second kappa shape index (κ2) is 6.54. The van der Waals surface area contributed by atoms with Crippen LogP contribution < -0.4 is 10.1 Å². The Balaban J connectivity index is 2.11. The number of ether oxygens (including phenoxy) is 1. The first-order valence-corrected chi connectivity index (χ1v) is 7.15. The summed E-state index contributed by atoms with van der Waals surface area (Å²) in [6.07, 6.45) is 4.37. The van der Waals surface area contributed by atoms with E-state index in [0.29, 0.717) is 18.2 Å². The van der Waals surface area contributed by atoms with Crippen LogP contribution in [0.4, 0.5) is 11.5 Å². The van der Waals surface area contributed by atoms with Gasteiger partial charge in [0.15, 0.2) is 0 Å². The molecule has 1 fully saturated rings. The zero-order valence-corrected chi connectivity index (χ0v) is 12.0. The molecule has 1 aliphatic rings. The number of nitro groups is 1. The predicted octanol–water partition coefficient (Wildman–Crippen LogP) is 3.38. The van der Waals surface area contributed by atoms with Crippen molar-refractivity contribution in [1.82, 2.24) is 4.98 Å². The van der Waals surface area contributed by atoms with E-state index in [1.54, 1.807) is 0 Å². The zero-order chi connectivity index (χ0) is 14.5. The highest BCUT2D eigenvalue weighted by atomic mass is 16.6. The Kier molecular flexibility index (Phi) is 4.76. The molecule has 0 bridgehead atoms. The lowest BCUT2D eigenvalue weighted by Crippen LogP contribution is -2.23. The van der Waals surface area contributed by atoms with Crippen molar-refractivity contribution in [3.63, 3.8) is 0 Å². The molecule has 1 aromatic rings. The summed E-state index contributed by atoms with van der Waals surface area (Å²) in [6, 6.07) is 2.83. The van der Waals surface area contributed by atoms with Crippen molar-refractivity contribution in [2.75, 3.05) is 11.9 Å². The molecule has 1 aliphatic carbocycles. The van der Waals surface area contributed by atoms with E-state index in [-0.39, 0.29) is 11.8 Å². The van der Waals surface area contributed by atoms with Crippen LogP contribution in [0.5, 0.6) is 5.88 Å². The molecule has 0 aromatic carbocycles. The molecule has 6 heteroatoms. The predicted molar refractivity (Wildman–Crippen MR) is 77.1 cm³/mol. The van der Waals surface area contributed by atoms with Crippen LogP contribution in [0.2, 0.25) is 0 Å². The fraction of sp³-hybridized carbons (Fsp3) is 0.643. The Morgan fingerprint density at radius 3 is 2.70 bits per heavy atom. The van der Waals surface area contributed by atoms with Crippen molar-refractivity contribution in [2.45, 2.75) is 45.6 Å². The number of hydrogen-bond acceptors (Lipinski definition) is 5. The largest absolute Gasteiger partial charge is 0.474 e. The second-order valence-electron chi connectivity index (χ2n) is 5.34. The van der Waals surface area contributed by atoms with Gasteiger partial charge in [-0.3, -0.25) is 10.1 Å². The molecule has 1 N–H and O–H groups in total. The van der Waals surface area contributed by atoms with Gasteiger partial charge < -0.3 is 10.1 Å². The van der Waals surface area contributed by atoms with E-state index in [1.165, 1.54) is 12.1 Å². The van der Waals surface area contributed by atoms with Crippen LogP contribution in [0.15, 0.2) is 12.1 Å². The molecule has 6 nitrogen and oxygen atoms in total. The summed E-state index contributed by atoms with van der Waals surface area (Å²) in [4.78, 5) is 14.8. The molecule has 0 spiro atoms. The van der Waals surface area contributed by atoms with Gasteiger partial charge >= 0.3 is 0 Å². The summed E-state index contributed by atoms with van der Waals surface area (Å²) < 4.78 is 5.83. The molecule has 0 radical (unpaired) electrons. The number of aromatic nitrogens is 1. The first-order chi connectivity index (χ1) is 9.58. The van der Waals surface area contributed by atoms with Crippen molar-refractivity contribution in [3.8, 4) is 5.88 Å². The third-order valence-electron chi connectivity index (χ3n) is 3.61. The van der Waals surface area contributed by atoms with Crippen LogP contribution >= 0.6 is 0 Å². The molecule has 2 rings (SSSR count). The minimum absolute atomic E-state index is 0.00938. The van der Waals surface area contributed by atoms with Crippen molar-refractivity contribution < 1.29 is 9.66 Å². The third kappa shape index (κ3) is 3.82. The Labute approximate surface area is 118 Å². The quantitative estimate of drug-likeness (QED) is 0.660. The SMILES string of the molecule is CCNc1cc([N+](=O)[O-])cc(OC2CCC(C)CC2)n1. The maximum atomic E-state index is 10.9. The topological polar surface area (TPSA) is 77.3 Å². The lowest BCUT2D eigenvalue weighted by atomic mass is 9.89. The molecule has 110 valence electrons.